The van der Waals surface area contributed by atoms with E-state index in [0.717, 1.165) is 23.4 Å². The molecule has 148 valence electrons. The van der Waals surface area contributed by atoms with Crippen LogP contribution < -0.4 is 10.6 Å². The molecule has 6 nitrogen and oxygen atoms in total. The Morgan fingerprint density at radius 1 is 1.14 bits per heavy atom. The predicted octanol–water partition coefficient (Wildman–Crippen LogP) is 3.33. The molecule has 1 aromatic heterocycles. The SMILES string of the molecule is O=C(NCc1cccs1)[C@H]1CN(C(=O)Nc2ccccc2)CC12CCOCC2. The normalized spacial score (nSPS) is 20.9. The third kappa shape index (κ3) is 4.05. The number of nitrogens with one attached hydrogen (secondary N) is 2. The first-order valence-electron chi connectivity index (χ1n) is 9.65. The van der Waals surface area contributed by atoms with Gasteiger partial charge in [0.15, 0.2) is 0 Å². The molecule has 2 aliphatic heterocycles. The van der Waals surface area contributed by atoms with Crippen LogP contribution in [0.3, 0.4) is 0 Å². The van der Waals surface area contributed by atoms with Gasteiger partial charge in [-0.2, -0.15) is 0 Å². The minimum atomic E-state index is -0.210. The lowest BCUT2D eigenvalue weighted by Gasteiger charge is -2.37. The molecule has 2 fully saturated rings. The number of anilines is 1. The number of para-hydroxylation sites is 1. The molecule has 2 saturated heterocycles. The van der Waals surface area contributed by atoms with Gasteiger partial charge in [-0.05, 0) is 36.4 Å². The van der Waals surface area contributed by atoms with Gasteiger partial charge in [-0.3, -0.25) is 4.79 Å². The van der Waals surface area contributed by atoms with Gasteiger partial charge in [0.25, 0.3) is 0 Å². The van der Waals surface area contributed by atoms with Crippen LogP contribution in [0.15, 0.2) is 47.8 Å². The van der Waals surface area contributed by atoms with Gasteiger partial charge >= 0.3 is 6.03 Å². The highest BCUT2D eigenvalue weighted by atomic mass is 32.1. The van der Waals surface area contributed by atoms with E-state index in [1.54, 1.807) is 16.2 Å². The van der Waals surface area contributed by atoms with Crippen molar-refractivity contribution in [2.45, 2.75) is 19.4 Å². The van der Waals surface area contributed by atoms with Gasteiger partial charge in [-0.15, -0.1) is 11.3 Å². The molecule has 0 saturated carbocycles. The highest BCUT2D eigenvalue weighted by Crippen LogP contribution is 2.44. The van der Waals surface area contributed by atoms with E-state index in [4.69, 9.17) is 4.74 Å². The summed E-state index contributed by atoms with van der Waals surface area (Å²) in [5, 5.41) is 8.03. The molecule has 1 aromatic carbocycles. The van der Waals surface area contributed by atoms with Gasteiger partial charge in [0.2, 0.25) is 5.91 Å². The van der Waals surface area contributed by atoms with Crippen molar-refractivity contribution >= 4 is 29.0 Å². The fourth-order valence-corrected chi connectivity index (χ4v) is 4.85. The molecule has 3 heterocycles. The lowest BCUT2D eigenvalue weighted by Crippen LogP contribution is -2.44. The molecule has 2 aliphatic rings. The predicted molar refractivity (Wildman–Crippen MR) is 109 cm³/mol. The molecule has 4 rings (SSSR count). The van der Waals surface area contributed by atoms with Crippen LogP contribution in [0.2, 0.25) is 0 Å². The maximum absolute atomic E-state index is 13.0. The quantitative estimate of drug-likeness (QED) is 0.829. The van der Waals surface area contributed by atoms with Crippen LogP contribution in [0.25, 0.3) is 0 Å². The molecule has 7 heteroatoms. The largest absolute Gasteiger partial charge is 0.381 e. The first kappa shape index (κ1) is 19.0. The first-order chi connectivity index (χ1) is 13.7. The number of thiophene rings is 1. The molecule has 2 aromatic rings. The van der Waals surface area contributed by atoms with Crippen molar-refractivity contribution in [2.24, 2.45) is 11.3 Å². The number of ether oxygens (including phenoxy) is 1. The fraction of sp³-hybridized carbons (Fsp3) is 0.429. The van der Waals surface area contributed by atoms with Crippen LogP contribution in [0, 0.1) is 11.3 Å². The molecule has 0 aliphatic carbocycles. The van der Waals surface area contributed by atoms with Gasteiger partial charge in [0, 0.05) is 42.3 Å². The van der Waals surface area contributed by atoms with E-state index in [1.165, 1.54) is 0 Å². The number of rotatable bonds is 4. The number of nitrogens with zero attached hydrogens (tertiary/aromatic N) is 1. The topological polar surface area (TPSA) is 70.7 Å². The van der Waals surface area contributed by atoms with E-state index >= 15 is 0 Å². The number of carbonyl (C=O) groups excluding carboxylic acids is 2. The zero-order chi connectivity index (χ0) is 19.4. The highest BCUT2D eigenvalue weighted by Gasteiger charge is 2.51. The number of hydrogen-bond acceptors (Lipinski definition) is 4. The summed E-state index contributed by atoms with van der Waals surface area (Å²) < 4.78 is 5.55. The van der Waals surface area contributed by atoms with Crippen molar-refractivity contribution in [1.29, 1.82) is 0 Å². The monoisotopic (exact) mass is 399 g/mol. The van der Waals surface area contributed by atoms with E-state index in [9.17, 15) is 9.59 Å². The van der Waals surface area contributed by atoms with Gasteiger partial charge < -0.3 is 20.3 Å². The summed E-state index contributed by atoms with van der Waals surface area (Å²) in [4.78, 5) is 28.8. The van der Waals surface area contributed by atoms with Crippen molar-refractivity contribution in [3.63, 3.8) is 0 Å². The summed E-state index contributed by atoms with van der Waals surface area (Å²) in [6, 6.07) is 13.3. The summed E-state index contributed by atoms with van der Waals surface area (Å²) in [6.45, 7) is 2.85. The number of benzene rings is 1. The van der Waals surface area contributed by atoms with Crippen molar-refractivity contribution < 1.29 is 14.3 Å². The standard InChI is InChI=1S/C21H25N3O3S/c25-19(22-13-17-7-4-12-28-17)18-14-24(15-21(18)8-10-27-11-9-21)20(26)23-16-5-2-1-3-6-16/h1-7,12,18H,8-11,13-15H2,(H,22,25)(H,23,26)/t18-/m1/s1. The number of carbonyl (C=O) groups is 2. The van der Waals surface area contributed by atoms with E-state index in [2.05, 4.69) is 10.6 Å². The Morgan fingerprint density at radius 2 is 1.93 bits per heavy atom. The minimum absolute atomic E-state index is 0.0327. The van der Waals surface area contributed by atoms with Crippen LogP contribution >= 0.6 is 11.3 Å². The molecule has 1 spiro atoms. The van der Waals surface area contributed by atoms with E-state index in [0.29, 0.717) is 32.8 Å². The average Bonchev–Trinajstić information content (AvgIpc) is 3.36. The third-order valence-corrected chi connectivity index (χ3v) is 6.66. The highest BCUT2D eigenvalue weighted by molar-refractivity contribution is 7.09. The Morgan fingerprint density at radius 3 is 2.64 bits per heavy atom. The van der Waals surface area contributed by atoms with E-state index < -0.39 is 0 Å². The van der Waals surface area contributed by atoms with Crippen LogP contribution in [-0.2, 0) is 16.1 Å². The minimum Gasteiger partial charge on any atom is -0.381 e. The third-order valence-electron chi connectivity index (χ3n) is 5.78. The molecule has 0 radical (unpaired) electrons. The zero-order valence-corrected chi connectivity index (χ0v) is 16.5. The summed E-state index contributed by atoms with van der Waals surface area (Å²) >= 11 is 1.63. The van der Waals surface area contributed by atoms with Crippen LogP contribution in [-0.4, -0.2) is 43.1 Å². The molecule has 1 atom stereocenters. The second-order valence-corrected chi connectivity index (χ2v) is 8.53. The average molecular weight is 400 g/mol. The van der Waals surface area contributed by atoms with Crippen LogP contribution in [0.1, 0.15) is 17.7 Å². The molecule has 3 amide bonds. The Bertz CT molecular complexity index is 804. The van der Waals surface area contributed by atoms with E-state index in [-0.39, 0.29) is 23.3 Å². The summed E-state index contributed by atoms with van der Waals surface area (Å²) in [5.41, 5.74) is 0.561. The number of likely N-dealkylation sites (tertiary alicyclic amines) is 1. The van der Waals surface area contributed by atoms with Crippen LogP contribution in [0.5, 0.6) is 0 Å². The van der Waals surface area contributed by atoms with Crippen molar-refractivity contribution in [1.82, 2.24) is 10.2 Å². The molecular weight excluding hydrogens is 374 g/mol. The Hall–Kier alpha value is -2.38. The lowest BCUT2D eigenvalue weighted by molar-refractivity contribution is -0.130. The number of urea groups is 1. The molecule has 28 heavy (non-hydrogen) atoms. The van der Waals surface area contributed by atoms with Crippen molar-refractivity contribution in [3.05, 3.63) is 52.7 Å². The second-order valence-electron chi connectivity index (χ2n) is 7.50. The number of amides is 3. The van der Waals surface area contributed by atoms with Gasteiger partial charge in [-0.1, -0.05) is 24.3 Å². The summed E-state index contributed by atoms with van der Waals surface area (Å²) in [6.07, 6.45) is 1.61. The molecule has 0 unspecified atom stereocenters. The second kappa shape index (κ2) is 8.32. The van der Waals surface area contributed by atoms with Crippen molar-refractivity contribution in [3.8, 4) is 0 Å². The Labute approximate surface area is 168 Å². The first-order valence-corrected chi connectivity index (χ1v) is 10.5. The van der Waals surface area contributed by atoms with Crippen LogP contribution in [0.4, 0.5) is 10.5 Å². The van der Waals surface area contributed by atoms with Gasteiger partial charge in [0.1, 0.15) is 0 Å². The fourth-order valence-electron chi connectivity index (χ4n) is 4.20. The summed E-state index contributed by atoms with van der Waals surface area (Å²) in [5.74, 6) is -0.178. The maximum Gasteiger partial charge on any atom is 0.321 e. The number of hydrogen-bond donors (Lipinski definition) is 2. The smallest absolute Gasteiger partial charge is 0.321 e. The van der Waals surface area contributed by atoms with E-state index in [1.807, 2.05) is 47.8 Å². The molecular formula is C21H25N3O3S. The molecule has 2 N–H and O–H groups in total. The Balaban J connectivity index is 1.45. The van der Waals surface area contributed by atoms with Gasteiger partial charge in [0.05, 0.1) is 12.5 Å². The zero-order valence-electron chi connectivity index (χ0n) is 15.7. The molecule has 0 bridgehead atoms. The lowest BCUT2D eigenvalue weighted by atomic mass is 9.72. The Kier molecular flexibility index (Phi) is 5.64. The summed E-state index contributed by atoms with van der Waals surface area (Å²) in [7, 11) is 0. The van der Waals surface area contributed by atoms with Crippen molar-refractivity contribution in [2.75, 3.05) is 31.6 Å². The van der Waals surface area contributed by atoms with Gasteiger partial charge in [-0.25, -0.2) is 4.79 Å². The maximum atomic E-state index is 13.0.